The van der Waals surface area contributed by atoms with Crippen molar-refractivity contribution in [3.8, 4) is 11.1 Å². The van der Waals surface area contributed by atoms with Gasteiger partial charge in [0.2, 0.25) is 0 Å². The number of ether oxygens (including phenoxy) is 1. The third-order valence-electron chi connectivity index (χ3n) is 4.88. The van der Waals surface area contributed by atoms with E-state index in [4.69, 9.17) is 4.74 Å². The van der Waals surface area contributed by atoms with Crippen LogP contribution in [0.25, 0.3) is 11.1 Å². The van der Waals surface area contributed by atoms with Gasteiger partial charge >= 0.3 is 6.09 Å². The Balaban J connectivity index is 1.51. The van der Waals surface area contributed by atoms with E-state index in [1.54, 1.807) is 7.05 Å². The molecule has 0 radical (unpaired) electrons. The number of fused-ring (bicyclic) bond motifs is 3. The first-order valence-electron chi connectivity index (χ1n) is 8.48. The van der Waals surface area contributed by atoms with Crippen molar-refractivity contribution in [2.45, 2.75) is 12.0 Å². The quantitative estimate of drug-likeness (QED) is 0.856. The summed E-state index contributed by atoms with van der Waals surface area (Å²) in [5, 5.41) is 0. The molecule has 2 aliphatic rings. The van der Waals surface area contributed by atoms with Crippen LogP contribution in [0.5, 0.6) is 0 Å². The maximum absolute atomic E-state index is 12.4. The van der Waals surface area contributed by atoms with Gasteiger partial charge in [-0.3, -0.25) is 14.7 Å². The van der Waals surface area contributed by atoms with Gasteiger partial charge in [-0.1, -0.05) is 48.5 Å². The third kappa shape index (κ3) is 2.71. The summed E-state index contributed by atoms with van der Waals surface area (Å²) in [5.74, 6) is -0.189. The van der Waals surface area contributed by atoms with Crippen molar-refractivity contribution in [2.24, 2.45) is 4.99 Å². The highest BCUT2D eigenvalue weighted by atomic mass is 16.6. The van der Waals surface area contributed by atoms with E-state index in [1.807, 2.05) is 24.3 Å². The summed E-state index contributed by atoms with van der Waals surface area (Å²) in [6.45, 7) is 0.227. The van der Waals surface area contributed by atoms with Crippen LogP contribution in [-0.2, 0) is 9.53 Å². The Morgan fingerprint density at radius 2 is 1.69 bits per heavy atom. The van der Waals surface area contributed by atoms with Crippen LogP contribution in [0.4, 0.5) is 4.79 Å². The summed E-state index contributed by atoms with van der Waals surface area (Å²) >= 11 is 0. The van der Waals surface area contributed by atoms with E-state index < -0.39 is 12.1 Å². The zero-order valence-electron chi connectivity index (χ0n) is 14.3. The van der Waals surface area contributed by atoms with Gasteiger partial charge in [-0.15, -0.1) is 0 Å². The first kappa shape index (κ1) is 16.3. The van der Waals surface area contributed by atoms with Gasteiger partial charge in [0.15, 0.2) is 5.78 Å². The van der Waals surface area contributed by atoms with Crippen LogP contribution in [0, 0.1) is 0 Å². The second kappa shape index (κ2) is 6.59. The number of amides is 1. The topological polar surface area (TPSA) is 59.0 Å². The standard InChI is InChI=1S/C21H18N2O3/c1-23(19-12-22-11-10-20(19)24)21(25)26-13-18-16-8-4-2-6-14(16)15-7-3-5-9-17(15)18/h2-12,18-19H,13H2,1H3/t19-/m0/s1. The molecule has 1 heterocycles. The number of carbonyl (C=O) groups excluding carboxylic acids is 2. The van der Waals surface area contributed by atoms with Crippen LogP contribution < -0.4 is 0 Å². The smallest absolute Gasteiger partial charge is 0.410 e. The molecule has 1 amide bonds. The van der Waals surface area contributed by atoms with Gasteiger partial charge in [0.25, 0.3) is 0 Å². The molecule has 4 rings (SSSR count). The lowest BCUT2D eigenvalue weighted by Gasteiger charge is -2.24. The van der Waals surface area contributed by atoms with E-state index in [2.05, 4.69) is 29.3 Å². The fourth-order valence-electron chi connectivity index (χ4n) is 3.52. The van der Waals surface area contributed by atoms with Crippen LogP contribution in [0.2, 0.25) is 0 Å². The molecule has 1 aliphatic carbocycles. The number of carbonyl (C=O) groups is 2. The van der Waals surface area contributed by atoms with Gasteiger partial charge in [0.05, 0.1) is 0 Å². The van der Waals surface area contributed by atoms with Crippen molar-refractivity contribution < 1.29 is 14.3 Å². The Bertz CT molecular complexity index is 887. The van der Waals surface area contributed by atoms with Crippen LogP contribution in [-0.4, -0.2) is 42.7 Å². The van der Waals surface area contributed by atoms with Crippen molar-refractivity contribution in [3.63, 3.8) is 0 Å². The number of benzene rings is 2. The Hall–Kier alpha value is -3.21. The van der Waals surface area contributed by atoms with Crippen molar-refractivity contribution in [3.05, 3.63) is 71.9 Å². The number of hydrogen-bond acceptors (Lipinski definition) is 4. The largest absolute Gasteiger partial charge is 0.448 e. The van der Waals surface area contributed by atoms with E-state index in [1.165, 1.54) is 34.5 Å². The highest BCUT2D eigenvalue weighted by molar-refractivity contribution is 6.08. The summed E-state index contributed by atoms with van der Waals surface area (Å²) in [6, 6.07) is 15.6. The van der Waals surface area contributed by atoms with E-state index in [-0.39, 0.29) is 18.3 Å². The molecule has 0 N–H and O–H groups in total. The molecule has 130 valence electrons. The average molecular weight is 346 g/mol. The minimum absolute atomic E-state index is 0.00429. The van der Waals surface area contributed by atoms with Gasteiger partial charge in [0.1, 0.15) is 12.6 Å². The fourth-order valence-corrected chi connectivity index (χ4v) is 3.52. The minimum Gasteiger partial charge on any atom is -0.448 e. The molecule has 0 bridgehead atoms. The second-order valence-corrected chi connectivity index (χ2v) is 6.38. The number of likely N-dealkylation sites (N-methyl/N-ethyl adjacent to an activating group) is 1. The van der Waals surface area contributed by atoms with E-state index in [0.29, 0.717) is 0 Å². The summed E-state index contributed by atoms with van der Waals surface area (Å²) in [4.78, 5) is 29.5. The zero-order valence-corrected chi connectivity index (χ0v) is 14.3. The molecule has 5 heteroatoms. The summed E-state index contributed by atoms with van der Waals surface area (Å²) in [7, 11) is 1.55. The Kier molecular flexibility index (Phi) is 4.13. The highest BCUT2D eigenvalue weighted by Gasteiger charge is 2.31. The Labute approximate surface area is 151 Å². The predicted octanol–water partition coefficient (Wildman–Crippen LogP) is 3.40. The van der Waals surface area contributed by atoms with Gasteiger partial charge in [-0.05, 0) is 22.3 Å². The van der Waals surface area contributed by atoms with E-state index in [0.717, 1.165) is 11.1 Å². The number of hydrogen-bond donors (Lipinski definition) is 0. The molecule has 1 aliphatic heterocycles. The van der Waals surface area contributed by atoms with E-state index in [9.17, 15) is 9.59 Å². The molecule has 0 unspecified atom stereocenters. The molecule has 0 fully saturated rings. The molecule has 0 saturated carbocycles. The molecule has 0 aromatic heterocycles. The first-order chi connectivity index (χ1) is 12.7. The third-order valence-corrected chi connectivity index (χ3v) is 4.88. The SMILES string of the molecule is CN(C(=O)OCC1c2ccccc2-c2ccccc21)[C@H]1C=NC=CC1=O. The molecular formula is C21H18N2O3. The van der Waals surface area contributed by atoms with Crippen LogP contribution >= 0.6 is 0 Å². The van der Waals surface area contributed by atoms with Gasteiger partial charge < -0.3 is 4.74 Å². The van der Waals surface area contributed by atoms with Crippen molar-refractivity contribution in [1.29, 1.82) is 0 Å². The highest BCUT2D eigenvalue weighted by Crippen LogP contribution is 2.44. The second-order valence-electron chi connectivity index (χ2n) is 6.38. The predicted molar refractivity (Wildman–Crippen MR) is 99.3 cm³/mol. The summed E-state index contributed by atoms with van der Waals surface area (Å²) in [5.41, 5.74) is 4.67. The molecule has 0 saturated heterocycles. The first-order valence-corrected chi connectivity index (χ1v) is 8.48. The maximum atomic E-state index is 12.4. The van der Waals surface area contributed by atoms with Crippen molar-refractivity contribution >= 4 is 18.1 Å². The van der Waals surface area contributed by atoms with Crippen molar-refractivity contribution in [2.75, 3.05) is 13.7 Å². The molecule has 2 aromatic carbocycles. The lowest BCUT2D eigenvalue weighted by atomic mass is 9.98. The molecule has 0 spiro atoms. The summed E-state index contributed by atoms with van der Waals surface area (Å²) < 4.78 is 5.55. The minimum atomic E-state index is -0.712. The van der Waals surface area contributed by atoms with Crippen LogP contribution in [0.3, 0.4) is 0 Å². The molecule has 1 atom stereocenters. The van der Waals surface area contributed by atoms with Crippen LogP contribution in [0.15, 0.2) is 65.8 Å². The van der Waals surface area contributed by atoms with Crippen LogP contribution in [0.1, 0.15) is 17.0 Å². The Morgan fingerprint density at radius 1 is 1.08 bits per heavy atom. The number of ketones is 1. The Morgan fingerprint density at radius 3 is 2.31 bits per heavy atom. The molecule has 5 nitrogen and oxygen atoms in total. The number of rotatable bonds is 3. The summed E-state index contributed by atoms with van der Waals surface area (Å²) in [6.07, 6.45) is 3.69. The lowest BCUT2D eigenvalue weighted by molar-refractivity contribution is -0.116. The zero-order chi connectivity index (χ0) is 18.1. The number of nitrogens with zero attached hydrogens (tertiary/aromatic N) is 2. The van der Waals surface area contributed by atoms with Gasteiger partial charge in [0, 0.05) is 31.5 Å². The number of aliphatic imine (C=N–C) groups is 1. The molecule has 2 aromatic rings. The van der Waals surface area contributed by atoms with Gasteiger partial charge in [-0.25, -0.2) is 4.79 Å². The molecular weight excluding hydrogens is 328 g/mol. The van der Waals surface area contributed by atoms with Gasteiger partial charge in [-0.2, -0.15) is 0 Å². The monoisotopic (exact) mass is 346 g/mol. The molecule has 26 heavy (non-hydrogen) atoms. The normalized spacial score (nSPS) is 17.7. The maximum Gasteiger partial charge on any atom is 0.410 e. The average Bonchev–Trinajstić information content (AvgIpc) is 3.00. The van der Waals surface area contributed by atoms with E-state index >= 15 is 0 Å². The van der Waals surface area contributed by atoms with Crippen molar-refractivity contribution in [1.82, 2.24) is 4.90 Å². The lowest BCUT2D eigenvalue weighted by Crippen LogP contribution is -2.44. The fraction of sp³-hybridized carbons (Fsp3) is 0.190.